The van der Waals surface area contributed by atoms with Gasteiger partial charge in [0, 0.05) is 12.1 Å². The molecule has 0 amide bonds. The van der Waals surface area contributed by atoms with Gasteiger partial charge in [-0.1, -0.05) is 6.42 Å². The lowest BCUT2D eigenvalue weighted by molar-refractivity contribution is -0.384. The van der Waals surface area contributed by atoms with Crippen molar-refractivity contribution in [2.24, 2.45) is 11.7 Å². The Labute approximate surface area is 116 Å². The van der Waals surface area contributed by atoms with E-state index in [1.165, 1.54) is 13.2 Å². The number of nitro groups is 1. The Kier molecular flexibility index (Phi) is 4.39. The van der Waals surface area contributed by atoms with Gasteiger partial charge in [-0.05, 0) is 25.3 Å². The number of halogens is 1. The monoisotopic (exact) mass is 283 g/mol. The predicted molar refractivity (Wildman–Crippen MR) is 73.4 cm³/mol. The number of nitro benzene ring substituents is 1. The first-order valence-electron chi connectivity index (χ1n) is 6.55. The van der Waals surface area contributed by atoms with E-state index in [0.717, 1.165) is 25.3 Å². The number of anilines is 1. The van der Waals surface area contributed by atoms with Crippen LogP contribution in [0.3, 0.4) is 0 Å². The third-order valence-electron chi connectivity index (χ3n) is 3.77. The van der Waals surface area contributed by atoms with Crippen LogP contribution in [0.15, 0.2) is 12.1 Å². The Morgan fingerprint density at radius 1 is 1.55 bits per heavy atom. The fraction of sp³-hybridized carbons (Fsp3) is 0.538. The molecule has 0 aliphatic heterocycles. The summed E-state index contributed by atoms with van der Waals surface area (Å²) in [6.45, 7) is 0.532. The van der Waals surface area contributed by atoms with Crippen molar-refractivity contribution in [2.75, 3.05) is 19.0 Å². The molecule has 0 saturated heterocycles. The van der Waals surface area contributed by atoms with Gasteiger partial charge in [0.25, 0.3) is 5.69 Å². The molecule has 2 unspecified atom stereocenters. The fourth-order valence-corrected chi connectivity index (χ4v) is 2.67. The Hall–Kier alpha value is -1.89. The zero-order valence-corrected chi connectivity index (χ0v) is 11.3. The van der Waals surface area contributed by atoms with E-state index in [-0.39, 0.29) is 29.1 Å². The summed E-state index contributed by atoms with van der Waals surface area (Å²) in [7, 11) is 1.33. The summed E-state index contributed by atoms with van der Waals surface area (Å²) in [4.78, 5) is 10.4. The van der Waals surface area contributed by atoms with Crippen LogP contribution < -0.4 is 15.8 Å². The van der Waals surface area contributed by atoms with Gasteiger partial charge in [-0.2, -0.15) is 0 Å². The third-order valence-corrected chi connectivity index (χ3v) is 3.77. The first-order valence-corrected chi connectivity index (χ1v) is 6.55. The van der Waals surface area contributed by atoms with Crippen LogP contribution in [0.2, 0.25) is 0 Å². The number of hydrogen-bond acceptors (Lipinski definition) is 5. The second kappa shape index (κ2) is 6.04. The Balaban J connectivity index is 2.31. The van der Waals surface area contributed by atoms with Gasteiger partial charge >= 0.3 is 0 Å². The minimum atomic E-state index is -0.744. The summed E-state index contributed by atoms with van der Waals surface area (Å²) < 4.78 is 18.4. The molecule has 3 N–H and O–H groups in total. The zero-order valence-electron chi connectivity index (χ0n) is 11.3. The van der Waals surface area contributed by atoms with Gasteiger partial charge in [0.1, 0.15) is 5.69 Å². The standard InChI is InChI=1S/C13H18FN3O3/c1-20-13-6-11(12(17(18)19)5-9(13)14)16-10-4-2-3-8(10)7-15/h5-6,8,10,16H,2-4,7,15H2,1H3. The fourth-order valence-electron chi connectivity index (χ4n) is 2.67. The molecule has 1 aliphatic carbocycles. The molecule has 0 radical (unpaired) electrons. The van der Waals surface area contributed by atoms with E-state index in [2.05, 4.69) is 5.32 Å². The van der Waals surface area contributed by atoms with Crippen LogP contribution >= 0.6 is 0 Å². The third kappa shape index (κ3) is 2.82. The summed E-state index contributed by atoms with van der Waals surface area (Å²) in [6.07, 6.45) is 2.94. The number of hydrogen-bond donors (Lipinski definition) is 2. The molecule has 0 bridgehead atoms. The largest absolute Gasteiger partial charge is 0.494 e. The van der Waals surface area contributed by atoms with Crippen molar-refractivity contribution in [1.29, 1.82) is 0 Å². The van der Waals surface area contributed by atoms with Crippen molar-refractivity contribution >= 4 is 11.4 Å². The van der Waals surface area contributed by atoms with Gasteiger partial charge in [0.05, 0.1) is 18.1 Å². The lowest BCUT2D eigenvalue weighted by Gasteiger charge is -2.21. The average molecular weight is 283 g/mol. The molecule has 6 nitrogen and oxygen atoms in total. The Morgan fingerprint density at radius 2 is 2.30 bits per heavy atom. The zero-order chi connectivity index (χ0) is 14.7. The van der Waals surface area contributed by atoms with Crippen LogP contribution in [0.25, 0.3) is 0 Å². The maximum Gasteiger partial charge on any atom is 0.295 e. The molecule has 2 rings (SSSR count). The second-order valence-corrected chi connectivity index (χ2v) is 4.94. The molecule has 0 heterocycles. The van der Waals surface area contributed by atoms with Crippen LogP contribution in [0.4, 0.5) is 15.8 Å². The van der Waals surface area contributed by atoms with E-state index in [1.807, 2.05) is 0 Å². The molecule has 20 heavy (non-hydrogen) atoms. The SMILES string of the molecule is COc1cc(NC2CCCC2CN)c([N+](=O)[O-])cc1F. The van der Waals surface area contributed by atoms with E-state index >= 15 is 0 Å². The van der Waals surface area contributed by atoms with Gasteiger partial charge in [-0.25, -0.2) is 4.39 Å². The van der Waals surface area contributed by atoms with E-state index in [9.17, 15) is 14.5 Å². The molecule has 1 fully saturated rings. The number of ether oxygens (including phenoxy) is 1. The minimum absolute atomic E-state index is 0.0135. The summed E-state index contributed by atoms with van der Waals surface area (Å²) in [6, 6.07) is 2.29. The van der Waals surface area contributed by atoms with Crippen LogP contribution in [0, 0.1) is 21.8 Å². The molecule has 0 aromatic heterocycles. The first-order chi connectivity index (χ1) is 9.56. The summed E-state index contributed by atoms with van der Waals surface area (Å²) in [5.74, 6) is -0.474. The Morgan fingerprint density at radius 3 is 2.90 bits per heavy atom. The highest BCUT2D eigenvalue weighted by Crippen LogP contribution is 2.35. The smallest absolute Gasteiger partial charge is 0.295 e. The highest BCUT2D eigenvalue weighted by atomic mass is 19.1. The second-order valence-electron chi connectivity index (χ2n) is 4.94. The van der Waals surface area contributed by atoms with Crippen LogP contribution in [0.5, 0.6) is 5.75 Å². The minimum Gasteiger partial charge on any atom is -0.494 e. The highest BCUT2D eigenvalue weighted by Gasteiger charge is 2.28. The number of methoxy groups -OCH3 is 1. The molecular weight excluding hydrogens is 265 g/mol. The quantitative estimate of drug-likeness (QED) is 0.639. The average Bonchev–Trinajstić information content (AvgIpc) is 2.87. The molecule has 1 saturated carbocycles. The number of nitrogens with two attached hydrogens (primary N) is 1. The Bertz CT molecular complexity index is 510. The molecule has 2 atom stereocenters. The van der Waals surface area contributed by atoms with Gasteiger partial charge < -0.3 is 15.8 Å². The van der Waals surface area contributed by atoms with Crippen molar-refractivity contribution < 1.29 is 14.1 Å². The lowest BCUT2D eigenvalue weighted by Crippen LogP contribution is -2.29. The van der Waals surface area contributed by atoms with Gasteiger partial charge in [-0.15, -0.1) is 0 Å². The summed E-state index contributed by atoms with van der Waals surface area (Å²) in [5.41, 5.74) is 5.69. The number of nitrogens with one attached hydrogen (secondary N) is 1. The highest BCUT2D eigenvalue weighted by molar-refractivity contribution is 5.65. The lowest BCUT2D eigenvalue weighted by atomic mass is 10.0. The maximum atomic E-state index is 13.6. The molecular formula is C13H18FN3O3. The van der Waals surface area contributed by atoms with E-state index in [1.54, 1.807) is 0 Å². The van der Waals surface area contributed by atoms with Crippen molar-refractivity contribution in [2.45, 2.75) is 25.3 Å². The van der Waals surface area contributed by atoms with Crippen LogP contribution in [0.1, 0.15) is 19.3 Å². The molecule has 1 aliphatic rings. The number of rotatable bonds is 5. The van der Waals surface area contributed by atoms with Gasteiger partial charge in [-0.3, -0.25) is 10.1 Å². The van der Waals surface area contributed by atoms with E-state index in [4.69, 9.17) is 10.5 Å². The molecule has 1 aromatic rings. The van der Waals surface area contributed by atoms with Crippen molar-refractivity contribution in [3.63, 3.8) is 0 Å². The number of nitrogens with zero attached hydrogens (tertiary/aromatic N) is 1. The van der Waals surface area contributed by atoms with Crippen LogP contribution in [-0.4, -0.2) is 24.6 Å². The molecule has 1 aromatic carbocycles. The van der Waals surface area contributed by atoms with E-state index in [0.29, 0.717) is 6.54 Å². The maximum absolute atomic E-state index is 13.6. The normalized spacial score (nSPS) is 21.8. The molecule has 0 spiro atoms. The van der Waals surface area contributed by atoms with Crippen LogP contribution in [-0.2, 0) is 0 Å². The summed E-state index contributed by atoms with van der Waals surface area (Å²) in [5, 5.41) is 14.2. The van der Waals surface area contributed by atoms with Crippen molar-refractivity contribution in [3.05, 3.63) is 28.1 Å². The number of benzene rings is 1. The van der Waals surface area contributed by atoms with Gasteiger partial charge in [0.15, 0.2) is 11.6 Å². The van der Waals surface area contributed by atoms with Crippen molar-refractivity contribution in [3.8, 4) is 5.75 Å². The molecule has 110 valence electrons. The summed E-state index contributed by atoms with van der Waals surface area (Å²) >= 11 is 0. The van der Waals surface area contributed by atoms with Gasteiger partial charge in [0.2, 0.25) is 0 Å². The van der Waals surface area contributed by atoms with Crippen molar-refractivity contribution in [1.82, 2.24) is 0 Å². The predicted octanol–water partition coefficient (Wildman–Crippen LogP) is 2.28. The topological polar surface area (TPSA) is 90.4 Å². The first kappa shape index (κ1) is 14.5. The van der Waals surface area contributed by atoms with E-state index < -0.39 is 10.7 Å². The molecule has 7 heteroatoms.